The van der Waals surface area contributed by atoms with Crippen molar-refractivity contribution in [2.45, 2.75) is 39.3 Å². The Morgan fingerprint density at radius 2 is 1.62 bits per heavy atom. The average Bonchev–Trinajstić information content (AvgIpc) is 2.62. The SMILES string of the molecule is CCC(=O)c1ccc(OC(C)C(=O)NC(C)c2ccccc2)cc1. The summed E-state index contributed by atoms with van der Waals surface area (Å²) in [6.07, 6.45) is -0.153. The molecule has 0 aliphatic heterocycles. The van der Waals surface area contributed by atoms with Gasteiger partial charge in [-0.25, -0.2) is 0 Å². The lowest BCUT2D eigenvalue weighted by atomic mass is 10.1. The number of ketones is 1. The summed E-state index contributed by atoms with van der Waals surface area (Å²) in [6.45, 7) is 5.47. The first-order valence-corrected chi connectivity index (χ1v) is 8.16. The van der Waals surface area contributed by atoms with Gasteiger partial charge in [0.05, 0.1) is 6.04 Å². The van der Waals surface area contributed by atoms with E-state index in [2.05, 4.69) is 5.32 Å². The second-order valence-corrected chi connectivity index (χ2v) is 5.70. The predicted molar refractivity (Wildman–Crippen MR) is 94.2 cm³/mol. The van der Waals surface area contributed by atoms with Gasteiger partial charge >= 0.3 is 0 Å². The minimum Gasteiger partial charge on any atom is -0.481 e. The van der Waals surface area contributed by atoms with Crippen LogP contribution in [-0.4, -0.2) is 17.8 Å². The third-order valence-corrected chi connectivity index (χ3v) is 3.84. The lowest BCUT2D eigenvalue weighted by molar-refractivity contribution is -0.127. The fourth-order valence-electron chi connectivity index (χ4n) is 2.34. The molecule has 0 bridgehead atoms. The van der Waals surface area contributed by atoms with Crippen molar-refractivity contribution in [3.8, 4) is 5.75 Å². The smallest absolute Gasteiger partial charge is 0.261 e. The summed E-state index contributed by atoms with van der Waals surface area (Å²) in [5.74, 6) is 0.474. The Bertz CT molecular complexity index is 680. The Balaban J connectivity index is 1.92. The lowest BCUT2D eigenvalue weighted by Crippen LogP contribution is -2.37. The molecular weight excluding hydrogens is 302 g/mol. The minimum absolute atomic E-state index is 0.0871. The van der Waals surface area contributed by atoms with E-state index in [1.807, 2.05) is 44.2 Å². The number of carbonyl (C=O) groups excluding carboxylic acids is 2. The molecule has 2 atom stereocenters. The van der Waals surface area contributed by atoms with Crippen LogP contribution in [0.3, 0.4) is 0 Å². The van der Waals surface area contributed by atoms with Crippen LogP contribution >= 0.6 is 0 Å². The van der Waals surface area contributed by atoms with Gasteiger partial charge in [-0.15, -0.1) is 0 Å². The predicted octanol–water partition coefficient (Wildman–Crippen LogP) is 3.92. The van der Waals surface area contributed by atoms with Gasteiger partial charge in [-0.2, -0.15) is 0 Å². The molecule has 0 radical (unpaired) electrons. The zero-order valence-electron chi connectivity index (χ0n) is 14.3. The molecule has 1 N–H and O–H groups in total. The monoisotopic (exact) mass is 325 g/mol. The number of amides is 1. The van der Waals surface area contributed by atoms with Gasteiger partial charge in [0.1, 0.15) is 5.75 Å². The highest BCUT2D eigenvalue weighted by molar-refractivity contribution is 5.95. The van der Waals surface area contributed by atoms with E-state index in [1.54, 1.807) is 31.2 Å². The van der Waals surface area contributed by atoms with Gasteiger partial charge in [0, 0.05) is 12.0 Å². The highest BCUT2D eigenvalue weighted by Gasteiger charge is 2.17. The van der Waals surface area contributed by atoms with E-state index in [4.69, 9.17) is 4.74 Å². The van der Waals surface area contributed by atoms with Crippen LogP contribution in [0.4, 0.5) is 0 Å². The van der Waals surface area contributed by atoms with Crippen molar-refractivity contribution >= 4 is 11.7 Å². The molecule has 0 fully saturated rings. The van der Waals surface area contributed by atoms with Crippen molar-refractivity contribution in [2.75, 3.05) is 0 Å². The maximum Gasteiger partial charge on any atom is 0.261 e. The van der Waals surface area contributed by atoms with Gasteiger partial charge in [0.15, 0.2) is 11.9 Å². The fourth-order valence-corrected chi connectivity index (χ4v) is 2.34. The minimum atomic E-state index is -0.621. The molecule has 4 nitrogen and oxygen atoms in total. The van der Waals surface area contributed by atoms with Gasteiger partial charge in [-0.05, 0) is 43.7 Å². The third-order valence-electron chi connectivity index (χ3n) is 3.84. The molecule has 1 amide bonds. The van der Waals surface area contributed by atoms with Gasteiger partial charge in [0.2, 0.25) is 0 Å². The topological polar surface area (TPSA) is 55.4 Å². The fraction of sp³-hybridized carbons (Fsp3) is 0.300. The summed E-state index contributed by atoms with van der Waals surface area (Å²) >= 11 is 0. The van der Waals surface area contributed by atoms with E-state index in [0.717, 1.165) is 5.56 Å². The molecule has 4 heteroatoms. The van der Waals surface area contributed by atoms with Crippen LogP contribution in [0.25, 0.3) is 0 Å². The van der Waals surface area contributed by atoms with Gasteiger partial charge in [-0.1, -0.05) is 37.3 Å². The molecule has 0 saturated carbocycles. The number of nitrogens with one attached hydrogen (secondary N) is 1. The van der Waals surface area contributed by atoms with E-state index in [-0.39, 0.29) is 17.7 Å². The van der Waals surface area contributed by atoms with Gasteiger partial charge in [0.25, 0.3) is 5.91 Å². The van der Waals surface area contributed by atoms with Gasteiger partial charge in [-0.3, -0.25) is 9.59 Å². The molecule has 0 heterocycles. The summed E-state index contributed by atoms with van der Waals surface area (Å²) < 4.78 is 5.66. The van der Waals surface area contributed by atoms with Crippen LogP contribution in [0, 0.1) is 0 Å². The van der Waals surface area contributed by atoms with E-state index in [0.29, 0.717) is 17.7 Å². The number of hydrogen-bond acceptors (Lipinski definition) is 3. The lowest BCUT2D eigenvalue weighted by Gasteiger charge is -2.19. The molecular formula is C20H23NO3. The van der Waals surface area contributed by atoms with Crippen LogP contribution < -0.4 is 10.1 Å². The first-order valence-electron chi connectivity index (χ1n) is 8.16. The molecule has 2 aromatic carbocycles. The molecule has 0 spiro atoms. The molecule has 24 heavy (non-hydrogen) atoms. The summed E-state index contributed by atoms with van der Waals surface area (Å²) in [4.78, 5) is 23.9. The number of hydrogen-bond donors (Lipinski definition) is 1. The first-order chi connectivity index (χ1) is 11.5. The van der Waals surface area contributed by atoms with E-state index >= 15 is 0 Å². The van der Waals surface area contributed by atoms with E-state index in [1.165, 1.54) is 0 Å². The standard InChI is InChI=1S/C20H23NO3/c1-4-19(22)17-10-12-18(13-11-17)24-15(3)20(23)21-14(2)16-8-6-5-7-9-16/h5-15H,4H2,1-3H3,(H,21,23). The quantitative estimate of drug-likeness (QED) is 0.785. The van der Waals surface area contributed by atoms with Crippen molar-refractivity contribution in [1.82, 2.24) is 5.32 Å². The second-order valence-electron chi connectivity index (χ2n) is 5.70. The zero-order valence-corrected chi connectivity index (χ0v) is 14.3. The van der Waals surface area contributed by atoms with Crippen molar-refractivity contribution in [3.63, 3.8) is 0 Å². The van der Waals surface area contributed by atoms with Crippen LogP contribution in [-0.2, 0) is 4.79 Å². The summed E-state index contributed by atoms with van der Waals surface area (Å²) in [5, 5.41) is 2.94. The molecule has 2 unspecified atom stereocenters. The Hall–Kier alpha value is -2.62. The Morgan fingerprint density at radius 3 is 2.21 bits per heavy atom. The third kappa shape index (κ3) is 4.69. The highest BCUT2D eigenvalue weighted by atomic mass is 16.5. The van der Waals surface area contributed by atoms with Gasteiger partial charge < -0.3 is 10.1 Å². The first kappa shape index (κ1) is 17.7. The molecule has 2 rings (SSSR count). The Kier molecular flexibility index (Phi) is 6.13. The van der Waals surface area contributed by atoms with Crippen LogP contribution in [0.5, 0.6) is 5.75 Å². The largest absolute Gasteiger partial charge is 0.481 e. The maximum atomic E-state index is 12.3. The number of carbonyl (C=O) groups is 2. The normalized spacial score (nSPS) is 13.0. The highest BCUT2D eigenvalue weighted by Crippen LogP contribution is 2.16. The zero-order chi connectivity index (χ0) is 17.5. The number of ether oxygens (including phenoxy) is 1. The maximum absolute atomic E-state index is 12.3. The van der Waals surface area contributed by atoms with Crippen LogP contribution in [0.15, 0.2) is 54.6 Å². The molecule has 2 aromatic rings. The Labute approximate surface area is 142 Å². The molecule has 0 aliphatic carbocycles. The molecule has 0 saturated heterocycles. The van der Waals surface area contributed by atoms with Crippen LogP contribution in [0.2, 0.25) is 0 Å². The van der Waals surface area contributed by atoms with Crippen molar-refractivity contribution in [3.05, 3.63) is 65.7 Å². The molecule has 0 aromatic heterocycles. The second kappa shape index (κ2) is 8.29. The Morgan fingerprint density at radius 1 is 1.00 bits per heavy atom. The summed E-state index contributed by atoms with van der Waals surface area (Å²) in [5.41, 5.74) is 1.69. The van der Waals surface area contributed by atoms with Crippen molar-refractivity contribution < 1.29 is 14.3 Å². The number of benzene rings is 2. The number of rotatable bonds is 7. The summed E-state index contributed by atoms with van der Waals surface area (Å²) in [7, 11) is 0. The average molecular weight is 325 g/mol. The van der Waals surface area contributed by atoms with Crippen molar-refractivity contribution in [2.24, 2.45) is 0 Å². The van der Waals surface area contributed by atoms with Crippen LogP contribution in [0.1, 0.15) is 49.2 Å². The molecule has 126 valence electrons. The number of Topliss-reactive ketones (excluding diaryl/α,β-unsaturated/α-hetero) is 1. The van der Waals surface area contributed by atoms with E-state index in [9.17, 15) is 9.59 Å². The van der Waals surface area contributed by atoms with E-state index < -0.39 is 6.10 Å². The van der Waals surface area contributed by atoms with Crippen molar-refractivity contribution in [1.29, 1.82) is 0 Å². The summed E-state index contributed by atoms with van der Waals surface area (Å²) in [6, 6.07) is 16.6. The molecule has 0 aliphatic rings.